The molecule has 0 spiro atoms. The molecule has 0 bridgehead atoms. The molecule has 0 atom stereocenters. The van der Waals surface area contributed by atoms with Crippen LogP contribution in [0.3, 0.4) is 0 Å². The molecule has 3 heteroatoms. The highest BCUT2D eigenvalue weighted by Gasteiger charge is 1.87. The Balaban J connectivity index is 2.69. The van der Waals surface area contributed by atoms with Gasteiger partial charge in [-0.1, -0.05) is 23.5 Å². The molecule has 54 valence electrons. The lowest BCUT2D eigenvalue weighted by Gasteiger charge is -1.99. The molecule has 1 aromatic rings. The topological polar surface area (TPSA) is 12.0 Å². The summed E-state index contributed by atoms with van der Waals surface area (Å²) in [5.41, 5.74) is 1.08. The van der Waals surface area contributed by atoms with Crippen LogP contribution in [0.5, 0.6) is 0 Å². The Morgan fingerprint density at radius 2 is 1.90 bits per heavy atom. The molecule has 0 radical (unpaired) electrons. The lowest BCUT2D eigenvalue weighted by molar-refractivity contribution is 1.68. The molecule has 0 saturated carbocycles. The minimum atomic E-state index is 0.770. The van der Waals surface area contributed by atoms with Crippen LogP contribution in [-0.2, 0) is 0 Å². The van der Waals surface area contributed by atoms with Crippen LogP contribution < -0.4 is 4.72 Å². The Morgan fingerprint density at radius 3 is 2.40 bits per heavy atom. The Labute approximate surface area is 69.9 Å². The molecular weight excluding hydrogens is 166 g/mol. The van der Waals surface area contributed by atoms with E-state index >= 15 is 0 Å². The molecule has 0 aliphatic carbocycles. The maximum absolute atomic E-state index is 5.68. The fourth-order valence-corrected chi connectivity index (χ4v) is 1.13. The van der Waals surface area contributed by atoms with Crippen molar-refractivity contribution < 1.29 is 0 Å². The van der Waals surface area contributed by atoms with E-state index in [0.29, 0.717) is 0 Å². The van der Waals surface area contributed by atoms with Crippen molar-refractivity contribution in [2.24, 2.45) is 0 Å². The minimum absolute atomic E-state index is 0.770. The van der Waals surface area contributed by atoms with Gasteiger partial charge in [0.1, 0.15) is 0 Å². The van der Waals surface area contributed by atoms with E-state index in [-0.39, 0.29) is 0 Å². The van der Waals surface area contributed by atoms with Crippen LogP contribution in [0.15, 0.2) is 24.3 Å². The van der Waals surface area contributed by atoms with Crippen molar-refractivity contribution in [1.29, 1.82) is 0 Å². The first-order chi connectivity index (χ1) is 4.83. The van der Waals surface area contributed by atoms with Crippen LogP contribution in [0.25, 0.3) is 0 Å². The SMILES string of the molecule is CSNc1ccc(Cl)cc1. The quantitative estimate of drug-likeness (QED) is 0.691. The maximum atomic E-state index is 5.68. The first-order valence-corrected chi connectivity index (χ1v) is 4.48. The predicted molar refractivity (Wildman–Crippen MR) is 48.6 cm³/mol. The third kappa shape index (κ3) is 2.12. The summed E-state index contributed by atoms with van der Waals surface area (Å²) in [5.74, 6) is 0. The van der Waals surface area contributed by atoms with Crippen molar-refractivity contribution in [3.8, 4) is 0 Å². The van der Waals surface area contributed by atoms with Gasteiger partial charge in [-0.05, 0) is 24.3 Å². The molecular formula is C7H8ClNS. The zero-order valence-corrected chi connectivity index (χ0v) is 7.17. The normalized spacial score (nSPS) is 9.40. The molecule has 0 heterocycles. The highest BCUT2D eigenvalue weighted by atomic mass is 35.5. The Hall–Kier alpha value is -0.340. The van der Waals surface area contributed by atoms with Gasteiger partial charge in [0.25, 0.3) is 0 Å². The third-order valence-electron chi connectivity index (χ3n) is 1.06. The van der Waals surface area contributed by atoms with Gasteiger partial charge in [0.05, 0.1) is 0 Å². The van der Waals surface area contributed by atoms with E-state index in [0.717, 1.165) is 10.7 Å². The van der Waals surface area contributed by atoms with Gasteiger partial charge in [-0.3, -0.25) is 0 Å². The molecule has 0 aliphatic rings. The first-order valence-electron chi connectivity index (χ1n) is 2.87. The van der Waals surface area contributed by atoms with Gasteiger partial charge in [0, 0.05) is 17.0 Å². The summed E-state index contributed by atoms with van der Waals surface area (Å²) in [4.78, 5) is 0. The number of anilines is 1. The van der Waals surface area contributed by atoms with E-state index in [9.17, 15) is 0 Å². The predicted octanol–water partition coefficient (Wildman–Crippen LogP) is 3.03. The molecule has 1 aromatic carbocycles. The zero-order chi connectivity index (χ0) is 7.40. The van der Waals surface area contributed by atoms with E-state index in [1.165, 1.54) is 0 Å². The number of benzene rings is 1. The second-order valence-electron chi connectivity index (χ2n) is 1.81. The highest BCUT2D eigenvalue weighted by Crippen LogP contribution is 2.15. The van der Waals surface area contributed by atoms with E-state index in [2.05, 4.69) is 4.72 Å². The van der Waals surface area contributed by atoms with Crippen molar-refractivity contribution in [2.45, 2.75) is 0 Å². The van der Waals surface area contributed by atoms with Crippen LogP contribution in [0.4, 0.5) is 5.69 Å². The second kappa shape index (κ2) is 3.74. The minimum Gasteiger partial charge on any atom is -0.330 e. The number of halogens is 1. The lowest BCUT2D eigenvalue weighted by atomic mass is 10.3. The van der Waals surface area contributed by atoms with E-state index in [1.54, 1.807) is 11.9 Å². The van der Waals surface area contributed by atoms with Gasteiger partial charge in [-0.2, -0.15) is 0 Å². The second-order valence-corrected chi connectivity index (χ2v) is 2.86. The Kier molecular flexibility index (Phi) is 2.90. The van der Waals surface area contributed by atoms with Crippen LogP contribution in [0, 0.1) is 0 Å². The Morgan fingerprint density at radius 1 is 1.30 bits per heavy atom. The fourth-order valence-electron chi connectivity index (χ4n) is 0.636. The van der Waals surface area contributed by atoms with Gasteiger partial charge < -0.3 is 4.72 Å². The van der Waals surface area contributed by atoms with Crippen molar-refractivity contribution in [3.63, 3.8) is 0 Å². The van der Waals surface area contributed by atoms with Crippen LogP contribution in [0.2, 0.25) is 5.02 Å². The molecule has 1 rings (SSSR count). The lowest BCUT2D eigenvalue weighted by Crippen LogP contribution is -1.81. The molecule has 1 N–H and O–H groups in total. The van der Waals surface area contributed by atoms with Gasteiger partial charge >= 0.3 is 0 Å². The molecule has 0 saturated heterocycles. The molecule has 0 fully saturated rings. The smallest absolute Gasteiger partial charge is 0.0440 e. The fraction of sp³-hybridized carbons (Fsp3) is 0.143. The van der Waals surface area contributed by atoms with Crippen molar-refractivity contribution >= 4 is 29.2 Å². The number of rotatable bonds is 2. The third-order valence-corrected chi connectivity index (χ3v) is 1.76. The van der Waals surface area contributed by atoms with Crippen molar-refractivity contribution in [1.82, 2.24) is 0 Å². The molecule has 0 aliphatic heterocycles. The highest BCUT2D eigenvalue weighted by molar-refractivity contribution is 7.99. The van der Waals surface area contributed by atoms with Crippen LogP contribution in [-0.4, -0.2) is 6.26 Å². The Bertz CT molecular complexity index is 197. The summed E-state index contributed by atoms with van der Waals surface area (Å²) in [5, 5.41) is 0.770. The van der Waals surface area contributed by atoms with Crippen molar-refractivity contribution in [2.75, 3.05) is 11.0 Å². The summed E-state index contributed by atoms with van der Waals surface area (Å²) in [6, 6.07) is 7.61. The van der Waals surface area contributed by atoms with Gasteiger partial charge in [0.2, 0.25) is 0 Å². The van der Waals surface area contributed by atoms with E-state index in [4.69, 9.17) is 11.6 Å². The molecule has 0 unspecified atom stereocenters. The summed E-state index contributed by atoms with van der Waals surface area (Å²) in [6.07, 6.45) is 1.98. The zero-order valence-electron chi connectivity index (χ0n) is 5.60. The number of hydrogen-bond donors (Lipinski definition) is 1. The van der Waals surface area contributed by atoms with Gasteiger partial charge in [0.15, 0.2) is 0 Å². The van der Waals surface area contributed by atoms with E-state index in [1.807, 2.05) is 30.5 Å². The first kappa shape index (κ1) is 7.76. The van der Waals surface area contributed by atoms with Crippen LogP contribution in [0.1, 0.15) is 0 Å². The maximum Gasteiger partial charge on any atom is 0.0440 e. The average Bonchev–Trinajstić information content (AvgIpc) is 1.95. The summed E-state index contributed by atoms with van der Waals surface area (Å²) in [7, 11) is 0. The molecule has 10 heavy (non-hydrogen) atoms. The van der Waals surface area contributed by atoms with Gasteiger partial charge in [-0.15, -0.1) is 0 Å². The van der Waals surface area contributed by atoms with Crippen LogP contribution >= 0.6 is 23.5 Å². The number of hydrogen-bond acceptors (Lipinski definition) is 2. The number of nitrogens with one attached hydrogen (secondary N) is 1. The van der Waals surface area contributed by atoms with Crippen molar-refractivity contribution in [3.05, 3.63) is 29.3 Å². The summed E-state index contributed by atoms with van der Waals surface area (Å²) >= 11 is 7.24. The molecule has 0 amide bonds. The molecule has 1 nitrogen and oxygen atoms in total. The summed E-state index contributed by atoms with van der Waals surface area (Å²) in [6.45, 7) is 0. The van der Waals surface area contributed by atoms with E-state index < -0.39 is 0 Å². The monoisotopic (exact) mass is 173 g/mol. The summed E-state index contributed by atoms with van der Waals surface area (Å²) < 4.78 is 3.09. The largest absolute Gasteiger partial charge is 0.330 e. The molecule has 0 aromatic heterocycles. The average molecular weight is 174 g/mol. The standard InChI is InChI=1S/C7H8ClNS/c1-10-9-7-4-2-6(8)3-5-7/h2-5,9H,1H3. The van der Waals surface area contributed by atoms with Gasteiger partial charge in [-0.25, -0.2) is 0 Å².